The van der Waals surface area contributed by atoms with E-state index in [1.54, 1.807) is 18.2 Å². The first kappa shape index (κ1) is 16.3. The number of rotatable bonds is 3. The van der Waals surface area contributed by atoms with Crippen LogP contribution in [0.2, 0.25) is 0 Å². The van der Waals surface area contributed by atoms with Crippen molar-refractivity contribution >= 4 is 5.91 Å². The van der Waals surface area contributed by atoms with E-state index < -0.39 is 5.60 Å². The molecule has 1 saturated carbocycles. The quantitative estimate of drug-likeness (QED) is 0.840. The minimum atomic E-state index is -0.727. The summed E-state index contributed by atoms with van der Waals surface area (Å²) in [7, 11) is 0. The first-order chi connectivity index (χ1) is 13.2. The van der Waals surface area contributed by atoms with E-state index >= 15 is 0 Å². The summed E-state index contributed by atoms with van der Waals surface area (Å²) in [5.74, 6) is 0.770. The smallest absolute Gasteiger partial charge is 0.257 e. The highest BCUT2D eigenvalue weighted by Crippen LogP contribution is 2.51. The Balaban J connectivity index is 1.28. The molecule has 0 radical (unpaired) electrons. The van der Waals surface area contributed by atoms with Gasteiger partial charge in [0.1, 0.15) is 18.1 Å². The summed E-state index contributed by atoms with van der Waals surface area (Å²) in [5.41, 5.74) is 1.02. The first-order valence-electron chi connectivity index (χ1n) is 9.41. The van der Waals surface area contributed by atoms with Crippen molar-refractivity contribution in [2.24, 2.45) is 0 Å². The van der Waals surface area contributed by atoms with Crippen LogP contribution >= 0.6 is 0 Å². The molecular weight excluding hydrogens is 340 g/mol. The summed E-state index contributed by atoms with van der Waals surface area (Å²) in [6.45, 7) is 0. The summed E-state index contributed by atoms with van der Waals surface area (Å²) >= 11 is 0. The summed E-state index contributed by atoms with van der Waals surface area (Å²) in [6, 6.07) is 19.5. The Bertz CT molecular complexity index is 915. The van der Waals surface area contributed by atoms with Gasteiger partial charge in [0.25, 0.3) is 5.91 Å². The van der Waals surface area contributed by atoms with Crippen LogP contribution in [-0.4, -0.2) is 28.7 Å². The molecule has 1 aliphatic carbocycles. The fourth-order valence-electron chi connectivity index (χ4n) is 4.58. The number of carbonyl (C=O) groups is 1. The van der Waals surface area contributed by atoms with Crippen LogP contribution in [0.1, 0.15) is 42.9 Å². The first-order valence-corrected chi connectivity index (χ1v) is 9.41. The molecule has 5 rings (SSSR count). The monoisotopic (exact) mass is 360 g/mol. The van der Waals surface area contributed by atoms with Crippen LogP contribution in [0.15, 0.2) is 54.6 Å². The van der Waals surface area contributed by atoms with Crippen molar-refractivity contribution in [1.29, 1.82) is 5.26 Å². The molecule has 0 bridgehead atoms. The third kappa shape index (κ3) is 2.60. The van der Waals surface area contributed by atoms with E-state index in [-0.39, 0.29) is 24.3 Å². The third-order valence-corrected chi connectivity index (χ3v) is 5.88. The van der Waals surface area contributed by atoms with E-state index in [2.05, 4.69) is 18.2 Å². The molecule has 2 aromatic rings. The second-order valence-electron chi connectivity index (χ2n) is 7.57. The fraction of sp³-hybridized carbons (Fsp3) is 0.364. The van der Waals surface area contributed by atoms with Gasteiger partial charge in [0.05, 0.1) is 17.7 Å². The van der Waals surface area contributed by atoms with Gasteiger partial charge in [0, 0.05) is 12.8 Å². The molecule has 2 saturated heterocycles. The van der Waals surface area contributed by atoms with Gasteiger partial charge in [-0.1, -0.05) is 36.4 Å². The number of nitriles is 1. The lowest BCUT2D eigenvalue weighted by atomic mass is 9.76. The molecule has 1 amide bonds. The number of fused-ring (bicyclic) bond motifs is 1. The van der Waals surface area contributed by atoms with Crippen molar-refractivity contribution < 1.29 is 14.3 Å². The predicted molar refractivity (Wildman–Crippen MR) is 97.7 cm³/mol. The molecule has 3 fully saturated rings. The lowest BCUT2D eigenvalue weighted by Crippen LogP contribution is -2.55. The van der Waals surface area contributed by atoms with Crippen molar-refractivity contribution in [3.05, 3.63) is 65.7 Å². The molecule has 3 aliphatic rings. The lowest BCUT2D eigenvalue weighted by Gasteiger charge is -2.42. The second kappa shape index (κ2) is 6.11. The topological polar surface area (TPSA) is 62.6 Å². The Morgan fingerprint density at radius 3 is 2.70 bits per heavy atom. The third-order valence-electron chi connectivity index (χ3n) is 5.88. The normalized spacial score (nSPS) is 31.4. The fourth-order valence-corrected chi connectivity index (χ4v) is 4.58. The van der Waals surface area contributed by atoms with Crippen molar-refractivity contribution in [3.8, 4) is 11.8 Å². The van der Waals surface area contributed by atoms with E-state index in [1.807, 2.05) is 29.2 Å². The van der Waals surface area contributed by atoms with Crippen LogP contribution in [-0.2, 0) is 9.53 Å². The maximum atomic E-state index is 13.2. The Hall–Kier alpha value is -2.84. The molecule has 0 aromatic heterocycles. The summed E-state index contributed by atoms with van der Waals surface area (Å²) in [4.78, 5) is 15.1. The van der Waals surface area contributed by atoms with Crippen molar-refractivity contribution in [3.63, 3.8) is 0 Å². The van der Waals surface area contributed by atoms with Crippen LogP contribution in [0.4, 0.5) is 0 Å². The number of benzene rings is 2. The van der Waals surface area contributed by atoms with E-state index in [1.165, 1.54) is 5.56 Å². The molecular formula is C22H20N2O3. The van der Waals surface area contributed by atoms with Gasteiger partial charge in [-0.3, -0.25) is 4.79 Å². The highest BCUT2D eigenvalue weighted by molar-refractivity contribution is 5.89. The Morgan fingerprint density at radius 1 is 1.11 bits per heavy atom. The van der Waals surface area contributed by atoms with Gasteiger partial charge in [-0.05, 0) is 36.6 Å². The molecule has 5 heteroatoms. The van der Waals surface area contributed by atoms with Gasteiger partial charge in [-0.25, -0.2) is 0 Å². The molecule has 2 heterocycles. The van der Waals surface area contributed by atoms with E-state index in [0.29, 0.717) is 24.2 Å². The Kier molecular flexibility index (Phi) is 3.70. The van der Waals surface area contributed by atoms with Crippen LogP contribution in [0.3, 0.4) is 0 Å². The highest BCUT2D eigenvalue weighted by Gasteiger charge is 2.63. The largest absolute Gasteiger partial charge is 0.490 e. The molecule has 136 valence electrons. The summed E-state index contributed by atoms with van der Waals surface area (Å²) < 4.78 is 12.2. The number of amides is 1. The van der Waals surface area contributed by atoms with Crippen LogP contribution in [0.5, 0.6) is 5.75 Å². The minimum absolute atomic E-state index is 0.0573. The molecule has 1 spiro atoms. The summed E-state index contributed by atoms with van der Waals surface area (Å²) in [5, 5.41) is 9.00. The average molecular weight is 360 g/mol. The second-order valence-corrected chi connectivity index (χ2v) is 7.57. The van der Waals surface area contributed by atoms with Crippen molar-refractivity contribution in [2.75, 3.05) is 0 Å². The molecule has 5 nitrogen and oxygen atoms in total. The standard InChI is InChI=1S/C22H20N2O3/c23-14-15-5-4-8-17(11-15)26-18-12-22(13-18)21(25)24-19(9-10-20(24)27-22)16-6-2-1-3-7-16/h1-8,11,18-20H,9-10,12-13H2/t18?,19-,20?,22?/m0/s1. The van der Waals surface area contributed by atoms with E-state index in [4.69, 9.17) is 14.7 Å². The van der Waals surface area contributed by atoms with Gasteiger partial charge in [-0.15, -0.1) is 0 Å². The van der Waals surface area contributed by atoms with Crippen LogP contribution < -0.4 is 4.74 Å². The van der Waals surface area contributed by atoms with Crippen molar-refractivity contribution in [1.82, 2.24) is 4.90 Å². The lowest BCUT2D eigenvalue weighted by molar-refractivity contribution is -0.162. The number of hydrogen-bond donors (Lipinski definition) is 0. The Labute approximate surface area is 158 Å². The van der Waals surface area contributed by atoms with Gasteiger partial charge >= 0.3 is 0 Å². The zero-order chi connectivity index (χ0) is 18.4. The van der Waals surface area contributed by atoms with Crippen molar-refractivity contribution in [2.45, 2.75) is 49.7 Å². The number of hydrogen-bond acceptors (Lipinski definition) is 4. The zero-order valence-corrected chi connectivity index (χ0v) is 14.9. The summed E-state index contributed by atoms with van der Waals surface area (Å²) in [6.07, 6.45) is 2.78. The van der Waals surface area contributed by atoms with Gasteiger partial charge in [0.15, 0.2) is 5.60 Å². The SMILES string of the molecule is N#Cc1cccc(OC2CC3(C2)OC2CC[C@@H](c4ccccc4)N2C3=O)c1. The van der Waals surface area contributed by atoms with Gasteiger partial charge in [-0.2, -0.15) is 5.26 Å². The highest BCUT2D eigenvalue weighted by atomic mass is 16.6. The molecule has 1 unspecified atom stereocenters. The number of ether oxygens (including phenoxy) is 2. The predicted octanol–water partition coefficient (Wildman–Crippen LogP) is 3.56. The maximum Gasteiger partial charge on any atom is 0.257 e. The van der Waals surface area contributed by atoms with Gasteiger partial charge < -0.3 is 14.4 Å². The molecule has 0 N–H and O–H groups in total. The molecule has 2 atom stereocenters. The number of carbonyl (C=O) groups excluding carboxylic acids is 1. The molecule has 2 aliphatic heterocycles. The maximum absolute atomic E-state index is 13.2. The van der Waals surface area contributed by atoms with Crippen LogP contribution in [0.25, 0.3) is 0 Å². The van der Waals surface area contributed by atoms with E-state index in [0.717, 1.165) is 12.8 Å². The molecule has 27 heavy (non-hydrogen) atoms. The minimum Gasteiger partial charge on any atom is -0.490 e. The van der Waals surface area contributed by atoms with Crippen LogP contribution in [0, 0.1) is 11.3 Å². The Morgan fingerprint density at radius 2 is 1.93 bits per heavy atom. The average Bonchev–Trinajstić information content (AvgIpc) is 3.21. The number of nitrogens with zero attached hydrogens (tertiary/aromatic N) is 2. The molecule has 2 aromatic carbocycles. The zero-order valence-electron chi connectivity index (χ0n) is 14.9. The van der Waals surface area contributed by atoms with E-state index in [9.17, 15) is 4.79 Å². The van der Waals surface area contributed by atoms with Gasteiger partial charge in [0.2, 0.25) is 0 Å².